The average Bonchev–Trinajstić information content (AvgIpc) is 3.20. The lowest BCUT2D eigenvalue weighted by Gasteiger charge is -2.21. The van der Waals surface area contributed by atoms with Gasteiger partial charge in [0.1, 0.15) is 0 Å². The molecule has 5 nitrogen and oxygen atoms in total. The Labute approximate surface area is 160 Å². The summed E-state index contributed by atoms with van der Waals surface area (Å²) < 4.78 is 2.36. The molecule has 134 valence electrons. The Kier molecular flexibility index (Phi) is 4.61. The largest absolute Gasteiger partial charge is 0.371 e. The molecule has 0 atom stereocenters. The Hall–Kier alpha value is -3.17. The van der Waals surface area contributed by atoms with E-state index >= 15 is 0 Å². The van der Waals surface area contributed by atoms with Gasteiger partial charge in [0.15, 0.2) is 4.96 Å². The number of rotatable bonds is 5. The second-order valence-corrected chi connectivity index (χ2v) is 7.22. The Morgan fingerprint density at radius 2 is 2.00 bits per heavy atom. The SMILES string of the molecule is CCN(CCC#N)c1ccc(C=c2sc3nc4ccccc4n3c2=O)cc1. The quantitative estimate of drug-likeness (QED) is 0.538. The third-order valence-corrected chi connectivity index (χ3v) is 5.55. The summed E-state index contributed by atoms with van der Waals surface area (Å²) in [5, 5.41) is 8.78. The van der Waals surface area contributed by atoms with Gasteiger partial charge in [0.05, 0.1) is 28.1 Å². The van der Waals surface area contributed by atoms with Crippen molar-refractivity contribution in [1.82, 2.24) is 9.38 Å². The fraction of sp³-hybridized carbons (Fsp3) is 0.190. The summed E-state index contributed by atoms with van der Waals surface area (Å²) in [6.07, 6.45) is 2.41. The van der Waals surface area contributed by atoms with Crippen molar-refractivity contribution in [2.75, 3.05) is 18.0 Å². The minimum Gasteiger partial charge on any atom is -0.371 e. The summed E-state index contributed by atoms with van der Waals surface area (Å²) in [6.45, 7) is 3.65. The topological polar surface area (TPSA) is 61.4 Å². The van der Waals surface area contributed by atoms with Crippen molar-refractivity contribution in [3.8, 4) is 6.07 Å². The van der Waals surface area contributed by atoms with E-state index < -0.39 is 0 Å². The average molecular weight is 374 g/mol. The lowest BCUT2D eigenvalue weighted by molar-refractivity contribution is 0.827. The first-order valence-corrected chi connectivity index (χ1v) is 9.66. The Bertz CT molecular complexity index is 1250. The maximum absolute atomic E-state index is 12.8. The summed E-state index contributed by atoms with van der Waals surface area (Å²) in [4.78, 5) is 20.2. The van der Waals surface area contributed by atoms with Crippen molar-refractivity contribution < 1.29 is 0 Å². The molecule has 4 aromatic rings. The van der Waals surface area contributed by atoms with Crippen LogP contribution in [-0.2, 0) is 0 Å². The van der Waals surface area contributed by atoms with Crippen LogP contribution in [-0.4, -0.2) is 22.5 Å². The Morgan fingerprint density at radius 3 is 2.74 bits per heavy atom. The van der Waals surface area contributed by atoms with Crippen LogP contribution < -0.4 is 15.0 Å². The van der Waals surface area contributed by atoms with Gasteiger partial charge in [0.2, 0.25) is 0 Å². The van der Waals surface area contributed by atoms with Gasteiger partial charge in [-0.2, -0.15) is 5.26 Å². The van der Waals surface area contributed by atoms with Crippen LogP contribution in [0.2, 0.25) is 0 Å². The highest BCUT2D eigenvalue weighted by molar-refractivity contribution is 7.15. The van der Waals surface area contributed by atoms with Crippen molar-refractivity contribution in [3.63, 3.8) is 0 Å². The lowest BCUT2D eigenvalue weighted by Crippen LogP contribution is -2.23. The summed E-state index contributed by atoms with van der Waals surface area (Å²) in [5.41, 5.74) is 3.71. The van der Waals surface area contributed by atoms with E-state index in [1.165, 1.54) is 11.3 Å². The Morgan fingerprint density at radius 1 is 1.22 bits per heavy atom. The monoisotopic (exact) mass is 374 g/mol. The van der Waals surface area contributed by atoms with Crippen LogP contribution >= 0.6 is 11.3 Å². The molecule has 0 aliphatic rings. The maximum Gasteiger partial charge on any atom is 0.274 e. The molecular weight excluding hydrogens is 356 g/mol. The van der Waals surface area contributed by atoms with Crippen LogP contribution in [0.4, 0.5) is 5.69 Å². The van der Waals surface area contributed by atoms with E-state index in [0.29, 0.717) is 11.0 Å². The number of hydrogen-bond acceptors (Lipinski definition) is 5. The molecule has 0 amide bonds. The molecule has 0 bridgehead atoms. The van der Waals surface area contributed by atoms with Gasteiger partial charge in [-0.15, -0.1) is 0 Å². The van der Waals surface area contributed by atoms with Crippen LogP contribution in [0, 0.1) is 11.3 Å². The molecule has 6 heteroatoms. The molecule has 0 saturated carbocycles. The molecular formula is C21H18N4OS. The number of para-hydroxylation sites is 2. The summed E-state index contributed by atoms with van der Waals surface area (Å²) in [5.74, 6) is 0. The number of imidazole rings is 1. The van der Waals surface area contributed by atoms with E-state index in [9.17, 15) is 4.79 Å². The van der Waals surface area contributed by atoms with Gasteiger partial charge < -0.3 is 4.90 Å². The minimum absolute atomic E-state index is 0.0306. The van der Waals surface area contributed by atoms with E-state index in [-0.39, 0.29) is 5.56 Å². The van der Waals surface area contributed by atoms with Gasteiger partial charge in [-0.05, 0) is 42.8 Å². The van der Waals surface area contributed by atoms with E-state index in [1.54, 1.807) is 4.40 Å². The first-order chi connectivity index (χ1) is 13.2. The number of aromatic nitrogens is 2. The number of nitriles is 1. The summed E-state index contributed by atoms with van der Waals surface area (Å²) in [6, 6.07) is 17.9. The second-order valence-electron chi connectivity index (χ2n) is 6.21. The smallest absolute Gasteiger partial charge is 0.274 e. The highest BCUT2D eigenvalue weighted by Crippen LogP contribution is 2.17. The summed E-state index contributed by atoms with van der Waals surface area (Å²) in [7, 11) is 0. The van der Waals surface area contributed by atoms with Crippen molar-refractivity contribution >= 4 is 39.1 Å². The zero-order chi connectivity index (χ0) is 18.8. The first kappa shape index (κ1) is 17.3. The van der Waals surface area contributed by atoms with E-state index in [2.05, 4.69) is 22.9 Å². The molecule has 0 spiro atoms. The highest BCUT2D eigenvalue weighted by Gasteiger charge is 2.10. The summed E-state index contributed by atoms with van der Waals surface area (Å²) >= 11 is 1.41. The van der Waals surface area contributed by atoms with Gasteiger partial charge >= 0.3 is 0 Å². The number of hydrogen-bond donors (Lipinski definition) is 0. The molecule has 2 aromatic carbocycles. The van der Waals surface area contributed by atoms with Crippen LogP contribution in [0.15, 0.2) is 53.3 Å². The first-order valence-electron chi connectivity index (χ1n) is 8.85. The van der Waals surface area contributed by atoms with Gasteiger partial charge in [0, 0.05) is 18.8 Å². The molecule has 0 aliphatic carbocycles. The second kappa shape index (κ2) is 7.22. The molecule has 2 heterocycles. The highest BCUT2D eigenvalue weighted by atomic mass is 32.1. The molecule has 0 fully saturated rings. The number of benzene rings is 2. The third-order valence-electron chi connectivity index (χ3n) is 4.58. The predicted octanol–water partition coefficient (Wildman–Crippen LogP) is 3.20. The fourth-order valence-electron chi connectivity index (χ4n) is 3.20. The zero-order valence-electron chi connectivity index (χ0n) is 14.9. The molecule has 2 aromatic heterocycles. The van der Waals surface area contributed by atoms with Crippen molar-refractivity contribution in [3.05, 3.63) is 69.0 Å². The molecule has 0 saturated heterocycles. The van der Waals surface area contributed by atoms with Crippen LogP contribution in [0.25, 0.3) is 22.1 Å². The zero-order valence-corrected chi connectivity index (χ0v) is 15.7. The molecule has 0 aliphatic heterocycles. The third kappa shape index (κ3) is 3.18. The molecule has 27 heavy (non-hydrogen) atoms. The van der Waals surface area contributed by atoms with Crippen molar-refractivity contribution in [1.29, 1.82) is 5.26 Å². The molecule has 0 radical (unpaired) electrons. The molecule has 0 unspecified atom stereocenters. The minimum atomic E-state index is -0.0306. The Balaban J connectivity index is 1.70. The normalized spacial score (nSPS) is 11.9. The number of nitrogens with zero attached hydrogens (tertiary/aromatic N) is 4. The number of fused-ring (bicyclic) bond motifs is 3. The predicted molar refractivity (Wildman–Crippen MR) is 110 cm³/mol. The maximum atomic E-state index is 12.8. The number of thiazole rings is 1. The number of anilines is 1. The standard InChI is InChI=1S/C21H18N4OS/c1-2-24(13-5-12-22)16-10-8-15(9-11-16)14-19-20(26)25-18-7-4-3-6-17(18)23-21(25)27-19/h3-4,6-11,14H,2,5,13H2,1H3. The van der Waals surface area contributed by atoms with Gasteiger partial charge in [-0.25, -0.2) is 9.38 Å². The van der Waals surface area contributed by atoms with E-state index in [4.69, 9.17) is 5.26 Å². The van der Waals surface area contributed by atoms with E-state index in [0.717, 1.165) is 40.3 Å². The van der Waals surface area contributed by atoms with Gasteiger partial charge in [-0.3, -0.25) is 4.79 Å². The van der Waals surface area contributed by atoms with E-state index in [1.807, 2.05) is 54.6 Å². The molecule has 0 N–H and O–H groups in total. The molecule has 4 rings (SSSR count). The van der Waals surface area contributed by atoms with Gasteiger partial charge in [0.25, 0.3) is 5.56 Å². The lowest BCUT2D eigenvalue weighted by atomic mass is 10.2. The van der Waals surface area contributed by atoms with Gasteiger partial charge in [-0.1, -0.05) is 35.6 Å². The van der Waals surface area contributed by atoms with Crippen LogP contribution in [0.1, 0.15) is 18.9 Å². The van der Waals surface area contributed by atoms with Crippen molar-refractivity contribution in [2.45, 2.75) is 13.3 Å². The van der Waals surface area contributed by atoms with Crippen LogP contribution in [0.5, 0.6) is 0 Å². The van der Waals surface area contributed by atoms with Crippen LogP contribution in [0.3, 0.4) is 0 Å². The fourth-order valence-corrected chi connectivity index (χ4v) is 4.19. The van der Waals surface area contributed by atoms with Crippen molar-refractivity contribution in [2.24, 2.45) is 0 Å².